The molecule has 0 saturated carbocycles. The Hall–Kier alpha value is -1.21. The van der Waals surface area contributed by atoms with E-state index in [4.69, 9.17) is 28.9 Å². The Labute approximate surface area is 154 Å². The number of nitrogens with two attached hydrogens (primary N) is 1. The molecule has 0 aliphatic carbocycles. The average Bonchev–Trinajstić information content (AvgIpc) is 2.95. The smallest absolute Gasteiger partial charge is 0.291 e. The van der Waals surface area contributed by atoms with E-state index in [0.717, 1.165) is 24.4 Å². The molecule has 1 saturated heterocycles. The van der Waals surface area contributed by atoms with Crippen LogP contribution in [0.1, 0.15) is 13.3 Å². The summed E-state index contributed by atoms with van der Waals surface area (Å²) < 4.78 is 0. The van der Waals surface area contributed by atoms with Gasteiger partial charge in [0.25, 0.3) is 5.56 Å². The highest BCUT2D eigenvalue weighted by Crippen LogP contribution is 2.36. The van der Waals surface area contributed by atoms with Gasteiger partial charge in [-0.3, -0.25) is 4.79 Å². The molecule has 2 heterocycles. The van der Waals surface area contributed by atoms with Crippen LogP contribution in [0.3, 0.4) is 0 Å². The molecule has 24 heavy (non-hydrogen) atoms. The van der Waals surface area contributed by atoms with E-state index in [1.165, 1.54) is 11.8 Å². The molecular weight excluding hydrogens is 367 g/mol. The van der Waals surface area contributed by atoms with E-state index < -0.39 is 0 Å². The molecule has 1 aliphatic heterocycles. The first-order valence-corrected chi connectivity index (χ1v) is 9.15. The fraction of sp³-hybridized carbons (Fsp3) is 0.375. The van der Waals surface area contributed by atoms with E-state index >= 15 is 0 Å². The number of halogens is 2. The summed E-state index contributed by atoms with van der Waals surface area (Å²) in [4.78, 5) is 22.4. The second-order valence-corrected chi connectivity index (χ2v) is 8.11. The zero-order valence-electron chi connectivity index (χ0n) is 13.2. The van der Waals surface area contributed by atoms with Crippen LogP contribution in [0.15, 0.2) is 39.1 Å². The summed E-state index contributed by atoms with van der Waals surface area (Å²) in [5.74, 6) is 0.439. The summed E-state index contributed by atoms with van der Waals surface area (Å²) in [6.45, 7) is 4.26. The molecular formula is C16H18Cl2N4OS. The Kier molecular flexibility index (Phi) is 5.11. The van der Waals surface area contributed by atoms with Gasteiger partial charge < -0.3 is 15.6 Å². The number of anilines is 1. The van der Waals surface area contributed by atoms with Gasteiger partial charge in [-0.1, -0.05) is 48.0 Å². The van der Waals surface area contributed by atoms with Gasteiger partial charge in [0.2, 0.25) is 0 Å². The van der Waals surface area contributed by atoms with Gasteiger partial charge in [0.05, 0.1) is 21.3 Å². The maximum absolute atomic E-state index is 12.4. The average molecular weight is 385 g/mol. The predicted octanol–water partition coefficient (Wildman–Crippen LogP) is 3.40. The number of aromatic amines is 1. The lowest BCUT2D eigenvalue weighted by Crippen LogP contribution is -2.34. The Bertz CT molecular complexity index is 813. The SMILES string of the molecule is CC1(CN)CCN(c2ncc(Sc3cccc(Cl)c3Cl)[nH]c2=O)C1. The molecule has 8 heteroatoms. The molecule has 1 atom stereocenters. The van der Waals surface area contributed by atoms with Crippen molar-refractivity contribution in [1.29, 1.82) is 0 Å². The van der Waals surface area contributed by atoms with Crippen molar-refractivity contribution in [3.8, 4) is 0 Å². The second-order valence-electron chi connectivity index (χ2n) is 6.24. The van der Waals surface area contributed by atoms with Crippen LogP contribution in [0.25, 0.3) is 0 Å². The summed E-state index contributed by atoms with van der Waals surface area (Å²) in [6, 6.07) is 5.38. The van der Waals surface area contributed by atoms with Gasteiger partial charge in [0.1, 0.15) is 0 Å². The summed E-state index contributed by atoms with van der Waals surface area (Å²) in [6.07, 6.45) is 2.61. The molecule has 0 spiro atoms. The number of rotatable bonds is 4. The fourth-order valence-electron chi connectivity index (χ4n) is 2.71. The van der Waals surface area contributed by atoms with Crippen molar-refractivity contribution in [2.75, 3.05) is 24.5 Å². The molecule has 0 bridgehead atoms. The summed E-state index contributed by atoms with van der Waals surface area (Å²) >= 11 is 13.5. The molecule has 1 unspecified atom stereocenters. The van der Waals surface area contributed by atoms with Crippen LogP contribution in [-0.4, -0.2) is 29.6 Å². The number of H-pyrrole nitrogens is 1. The highest BCUT2D eigenvalue weighted by molar-refractivity contribution is 7.99. The normalized spacial score (nSPS) is 20.6. The van der Waals surface area contributed by atoms with Crippen LogP contribution in [0, 0.1) is 5.41 Å². The molecule has 5 nitrogen and oxygen atoms in total. The standard InChI is InChI=1S/C16H18Cl2N4OS/c1-16(8-19)5-6-22(9-16)14-15(23)21-12(7-20-14)24-11-4-2-3-10(17)13(11)18/h2-4,7H,5-6,8-9,19H2,1H3,(H,21,23). The van der Waals surface area contributed by atoms with Crippen molar-refractivity contribution in [2.24, 2.45) is 11.1 Å². The molecule has 3 N–H and O–H groups in total. The van der Waals surface area contributed by atoms with Gasteiger partial charge >= 0.3 is 0 Å². The second kappa shape index (κ2) is 6.96. The van der Waals surface area contributed by atoms with Crippen LogP contribution in [-0.2, 0) is 0 Å². The minimum Gasteiger partial charge on any atom is -0.351 e. The molecule has 0 amide bonds. The first-order valence-electron chi connectivity index (χ1n) is 7.58. The van der Waals surface area contributed by atoms with Crippen LogP contribution in [0.2, 0.25) is 10.0 Å². The lowest BCUT2D eigenvalue weighted by Gasteiger charge is -2.22. The van der Waals surface area contributed by atoms with Crippen molar-refractivity contribution in [3.05, 3.63) is 44.8 Å². The van der Waals surface area contributed by atoms with E-state index in [0.29, 0.717) is 27.4 Å². The predicted molar refractivity (Wildman–Crippen MR) is 99.4 cm³/mol. The first kappa shape index (κ1) is 17.6. The van der Waals surface area contributed by atoms with E-state index in [9.17, 15) is 4.79 Å². The number of benzene rings is 1. The summed E-state index contributed by atoms with van der Waals surface area (Å²) in [5.41, 5.74) is 5.65. The largest absolute Gasteiger partial charge is 0.351 e. The molecule has 2 aromatic rings. The van der Waals surface area contributed by atoms with Gasteiger partial charge in [0, 0.05) is 18.0 Å². The lowest BCUT2D eigenvalue weighted by atomic mass is 9.90. The number of nitrogens with zero attached hydrogens (tertiary/aromatic N) is 2. The van der Waals surface area contributed by atoms with Crippen molar-refractivity contribution < 1.29 is 0 Å². The van der Waals surface area contributed by atoms with E-state index in [1.807, 2.05) is 17.0 Å². The van der Waals surface area contributed by atoms with Crippen LogP contribution in [0.5, 0.6) is 0 Å². The Morgan fingerprint density at radius 1 is 1.46 bits per heavy atom. The Morgan fingerprint density at radius 2 is 2.25 bits per heavy atom. The maximum atomic E-state index is 12.4. The molecule has 3 rings (SSSR count). The molecule has 1 aliphatic rings. The molecule has 1 fully saturated rings. The Balaban J connectivity index is 1.81. The van der Waals surface area contributed by atoms with E-state index in [2.05, 4.69) is 16.9 Å². The molecule has 128 valence electrons. The number of hydrogen-bond acceptors (Lipinski definition) is 5. The van der Waals surface area contributed by atoms with E-state index in [-0.39, 0.29) is 11.0 Å². The minimum atomic E-state index is -0.209. The topological polar surface area (TPSA) is 75.0 Å². The number of nitrogens with one attached hydrogen (secondary N) is 1. The third kappa shape index (κ3) is 3.57. The van der Waals surface area contributed by atoms with Crippen molar-refractivity contribution in [2.45, 2.75) is 23.3 Å². The van der Waals surface area contributed by atoms with Gasteiger partial charge in [-0.15, -0.1) is 0 Å². The number of aromatic nitrogens is 2. The van der Waals surface area contributed by atoms with E-state index in [1.54, 1.807) is 12.3 Å². The van der Waals surface area contributed by atoms with Gasteiger partial charge in [-0.2, -0.15) is 0 Å². The highest BCUT2D eigenvalue weighted by atomic mass is 35.5. The molecule has 0 radical (unpaired) electrons. The van der Waals surface area contributed by atoms with Gasteiger partial charge in [-0.05, 0) is 30.5 Å². The van der Waals surface area contributed by atoms with Crippen molar-refractivity contribution in [3.63, 3.8) is 0 Å². The summed E-state index contributed by atoms with van der Waals surface area (Å²) in [5, 5.41) is 1.56. The third-order valence-corrected chi connectivity index (χ3v) is 6.15. The third-order valence-electron chi connectivity index (χ3n) is 4.23. The zero-order chi connectivity index (χ0) is 17.3. The lowest BCUT2D eigenvalue weighted by molar-refractivity contribution is 0.383. The van der Waals surface area contributed by atoms with Crippen molar-refractivity contribution in [1.82, 2.24) is 9.97 Å². The molecule has 1 aromatic heterocycles. The first-order chi connectivity index (χ1) is 11.4. The highest BCUT2D eigenvalue weighted by Gasteiger charge is 2.34. The van der Waals surface area contributed by atoms with Gasteiger partial charge in [-0.25, -0.2) is 4.98 Å². The number of hydrogen-bond donors (Lipinski definition) is 2. The quantitative estimate of drug-likeness (QED) is 0.844. The minimum absolute atomic E-state index is 0.0376. The van der Waals surface area contributed by atoms with Crippen LogP contribution >= 0.6 is 35.0 Å². The Morgan fingerprint density at radius 3 is 2.92 bits per heavy atom. The zero-order valence-corrected chi connectivity index (χ0v) is 15.5. The van der Waals surface area contributed by atoms with Crippen LogP contribution < -0.4 is 16.2 Å². The fourth-order valence-corrected chi connectivity index (χ4v) is 4.01. The van der Waals surface area contributed by atoms with Crippen LogP contribution in [0.4, 0.5) is 5.82 Å². The van der Waals surface area contributed by atoms with Crippen molar-refractivity contribution >= 4 is 40.8 Å². The van der Waals surface area contributed by atoms with Gasteiger partial charge in [0.15, 0.2) is 5.82 Å². The summed E-state index contributed by atoms with van der Waals surface area (Å²) in [7, 11) is 0. The molecule has 1 aromatic carbocycles. The maximum Gasteiger partial charge on any atom is 0.291 e. The monoisotopic (exact) mass is 384 g/mol.